The van der Waals surface area contributed by atoms with Crippen LogP contribution in [0.5, 0.6) is 11.5 Å². The molecule has 0 radical (unpaired) electrons. The van der Waals surface area contributed by atoms with Crippen LogP contribution in [0, 0.1) is 0 Å². The molecule has 3 rings (SSSR count). The summed E-state index contributed by atoms with van der Waals surface area (Å²) in [6.07, 6.45) is 1.74. The highest BCUT2D eigenvalue weighted by molar-refractivity contribution is 8.26. The molecule has 0 N–H and O–H groups in total. The van der Waals surface area contributed by atoms with E-state index >= 15 is 0 Å². The van der Waals surface area contributed by atoms with E-state index in [1.165, 1.54) is 16.7 Å². The summed E-state index contributed by atoms with van der Waals surface area (Å²) in [7, 11) is 3.12. The first kappa shape index (κ1) is 19.7. The molecule has 2 saturated heterocycles. The number of rotatable bonds is 5. The van der Waals surface area contributed by atoms with E-state index in [2.05, 4.69) is 0 Å². The van der Waals surface area contributed by atoms with Gasteiger partial charge in [0, 0.05) is 13.1 Å². The highest BCUT2D eigenvalue weighted by Crippen LogP contribution is 2.34. The minimum atomic E-state index is -0.263. The van der Waals surface area contributed by atoms with E-state index in [9.17, 15) is 9.59 Å². The van der Waals surface area contributed by atoms with Crippen LogP contribution in [0.2, 0.25) is 0 Å². The van der Waals surface area contributed by atoms with Crippen molar-refractivity contribution in [1.29, 1.82) is 0 Å². The fraction of sp³-hybridized carbons (Fsp3) is 0.389. The molecule has 2 fully saturated rings. The lowest BCUT2D eigenvalue weighted by Gasteiger charge is -2.28. The molecule has 0 aliphatic carbocycles. The van der Waals surface area contributed by atoms with Crippen LogP contribution >= 0.6 is 24.0 Å². The first-order valence-electron chi connectivity index (χ1n) is 8.36. The summed E-state index contributed by atoms with van der Waals surface area (Å²) in [6.45, 7) is 2.06. The summed E-state index contributed by atoms with van der Waals surface area (Å²) in [5.74, 6) is 0.797. The van der Waals surface area contributed by atoms with Gasteiger partial charge in [-0.3, -0.25) is 14.5 Å². The number of hydrogen-bond acceptors (Lipinski definition) is 7. The van der Waals surface area contributed by atoms with Crippen LogP contribution in [0.3, 0.4) is 0 Å². The highest BCUT2D eigenvalue weighted by Gasteiger charge is 2.34. The molecule has 1 aromatic carbocycles. The van der Waals surface area contributed by atoms with E-state index in [4.69, 9.17) is 26.4 Å². The molecule has 0 aromatic heterocycles. The van der Waals surface area contributed by atoms with Gasteiger partial charge >= 0.3 is 0 Å². The Balaban J connectivity index is 1.73. The maximum Gasteiger partial charge on any atom is 0.266 e. The topological polar surface area (TPSA) is 68.3 Å². The van der Waals surface area contributed by atoms with Crippen LogP contribution in [-0.4, -0.2) is 73.0 Å². The zero-order valence-electron chi connectivity index (χ0n) is 15.1. The minimum Gasteiger partial charge on any atom is -0.493 e. The van der Waals surface area contributed by atoms with Gasteiger partial charge in [0.15, 0.2) is 11.5 Å². The lowest BCUT2D eigenvalue weighted by Crippen LogP contribution is -2.46. The van der Waals surface area contributed by atoms with Crippen LogP contribution in [0.4, 0.5) is 0 Å². The molecule has 144 valence electrons. The Kier molecular flexibility index (Phi) is 6.35. The molecular formula is C18H20N2O5S2. The smallest absolute Gasteiger partial charge is 0.266 e. The molecule has 2 amide bonds. The van der Waals surface area contributed by atoms with Crippen LogP contribution in [-0.2, 0) is 14.3 Å². The van der Waals surface area contributed by atoms with Gasteiger partial charge in [-0.15, -0.1) is 0 Å². The van der Waals surface area contributed by atoms with E-state index in [0.717, 1.165) is 5.56 Å². The van der Waals surface area contributed by atoms with Gasteiger partial charge in [-0.1, -0.05) is 30.0 Å². The largest absolute Gasteiger partial charge is 0.493 e. The van der Waals surface area contributed by atoms with Crippen molar-refractivity contribution >= 4 is 46.2 Å². The third kappa shape index (κ3) is 4.42. The Labute approximate surface area is 167 Å². The second kappa shape index (κ2) is 8.73. The van der Waals surface area contributed by atoms with Crippen molar-refractivity contribution in [2.24, 2.45) is 0 Å². The highest BCUT2D eigenvalue weighted by atomic mass is 32.2. The van der Waals surface area contributed by atoms with E-state index in [1.807, 2.05) is 6.07 Å². The summed E-state index contributed by atoms with van der Waals surface area (Å²) in [6, 6.07) is 5.38. The molecule has 27 heavy (non-hydrogen) atoms. The lowest BCUT2D eigenvalue weighted by molar-refractivity contribution is -0.138. The van der Waals surface area contributed by atoms with Gasteiger partial charge in [0.2, 0.25) is 5.91 Å². The van der Waals surface area contributed by atoms with Gasteiger partial charge in [0.25, 0.3) is 5.91 Å². The average Bonchev–Trinajstić information content (AvgIpc) is 2.95. The molecule has 9 heteroatoms. The van der Waals surface area contributed by atoms with E-state index in [0.29, 0.717) is 47.0 Å². The number of nitrogens with zero attached hydrogens (tertiary/aromatic N) is 2. The summed E-state index contributed by atoms with van der Waals surface area (Å²) >= 11 is 6.50. The molecule has 2 heterocycles. The molecule has 0 saturated carbocycles. The summed E-state index contributed by atoms with van der Waals surface area (Å²) in [4.78, 5) is 28.7. The van der Waals surface area contributed by atoms with Gasteiger partial charge in [0.05, 0.1) is 32.3 Å². The molecule has 0 unspecified atom stereocenters. The molecule has 0 spiro atoms. The summed E-state index contributed by atoms with van der Waals surface area (Å²) in [5, 5.41) is 0. The van der Waals surface area contributed by atoms with E-state index < -0.39 is 0 Å². The Morgan fingerprint density at radius 2 is 1.96 bits per heavy atom. The van der Waals surface area contributed by atoms with Crippen molar-refractivity contribution in [1.82, 2.24) is 9.80 Å². The fourth-order valence-electron chi connectivity index (χ4n) is 2.78. The monoisotopic (exact) mass is 408 g/mol. The van der Waals surface area contributed by atoms with Gasteiger partial charge in [-0.25, -0.2) is 0 Å². The number of carbonyl (C=O) groups excluding carboxylic acids is 2. The number of thiocarbonyl (C=S) groups is 1. The number of morpholine rings is 1. The maximum atomic E-state index is 12.7. The van der Waals surface area contributed by atoms with Gasteiger partial charge in [-0.2, -0.15) is 0 Å². The predicted octanol–water partition coefficient (Wildman–Crippen LogP) is 1.76. The molecule has 0 bridgehead atoms. The second-order valence-electron chi connectivity index (χ2n) is 5.88. The van der Waals surface area contributed by atoms with Crippen molar-refractivity contribution in [3.63, 3.8) is 0 Å². The number of amides is 2. The summed E-state index contributed by atoms with van der Waals surface area (Å²) in [5.41, 5.74) is 0.785. The van der Waals surface area contributed by atoms with Crippen LogP contribution in [0.25, 0.3) is 6.08 Å². The van der Waals surface area contributed by atoms with Gasteiger partial charge < -0.3 is 19.1 Å². The zero-order valence-corrected chi connectivity index (χ0v) is 16.7. The SMILES string of the molecule is COc1ccc(/C=C2\SC(=S)N(CC(=O)N3CCOCC3)C2=O)cc1OC. The molecule has 7 nitrogen and oxygen atoms in total. The number of methoxy groups -OCH3 is 2. The van der Waals surface area contributed by atoms with E-state index in [1.54, 1.807) is 37.3 Å². The predicted molar refractivity (Wildman–Crippen MR) is 107 cm³/mol. The van der Waals surface area contributed by atoms with Gasteiger partial charge in [-0.05, 0) is 23.8 Å². The Bertz CT molecular complexity index is 790. The number of carbonyl (C=O) groups is 2. The number of benzene rings is 1. The van der Waals surface area contributed by atoms with Crippen molar-refractivity contribution in [2.75, 3.05) is 47.1 Å². The Hall–Kier alpha value is -2.10. The Morgan fingerprint density at radius 3 is 2.63 bits per heavy atom. The number of thioether (sulfide) groups is 1. The van der Waals surface area contributed by atoms with Crippen molar-refractivity contribution < 1.29 is 23.8 Å². The molecule has 0 atom stereocenters. The second-order valence-corrected chi connectivity index (χ2v) is 7.55. The number of hydrogen-bond donors (Lipinski definition) is 0. The van der Waals surface area contributed by atoms with Crippen LogP contribution < -0.4 is 9.47 Å². The van der Waals surface area contributed by atoms with E-state index in [-0.39, 0.29) is 18.4 Å². The third-order valence-electron chi connectivity index (χ3n) is 4.24. The molecule has 1 aromatic rings. The maximum absolute atomic E-state index is 12.7. The first-order valence-corrected chi connectivity index (χ1v) is 9.59. The molecule has 2 aliphatic heterocycles. The standard InChI is InChI=1S/C18H20N2O5S2/c1-23-13-4-3-12(9-14(13)24-2)10-15-17(22)20(18(26)27-15)11-16(21)19-5-7-25-8-6-19/h3-4,9-10H,5-8,11H2,1-2H3/b15-10-. The summed E-state index contributed by atoms with van der Waals surface area (Å²) < 4.78 is 16.1. The van der Waals surface area contributed by atoms with Crippen molar-refractivity contribution in [3.8, 4) is 11.5 Å². The number of ether oxygens (including phenoxy) is 3. The average molecular weight is 409 g/mol. The molecule has 2 aliphatic rings. The normalized spacial score (nSPS) is 19.0. The quantitative estimate of drug-likeness (QED) is 0.543. The van der Waals surface area contributed by atoms with Crippen molar-refractivity contribution in [3.05, 3.63) is 28.7 Å². The third-order valence-corrected chi connectivity index (χ3v) is 5.61. The first-order chi connectivity index (χ1) is 13.0. The van der Waals surface area contributed by atoms with Crippen LogP contribution in [0.15, 0.2) is 23.1 Å². The lowest BCUT2D eigenvalue weighted by atomic mass is 10.2. The Morgan fingerprint density at radius 1 is 1.26 bits per heavy atom. The molecular weight excluding hydrogens is 388 g/mol. The fourth-order valence-corrected chi connectivity index (χ4v) is 4.03. The van der Waals surface area contributed by atoms with Gasteiger partial charge in [0.1, 0.15) is 10.9 Å². The zero-order chi connectivity index (χ0) is 19.4. The van der Waals surface area contributed by atoms with Crippen molar-refractivity contribution in [2.45, 2.75) is 0 Å². The van der Waals surface area contributed by atoms with Crippen LogP contribution in [0.1, 0.15) is 5.56 Å². The minimum absolute atomic E-state index is 0.0477.